The molecule has 1 heterocycles. The number of unbranched alkanes of at least 4 members (excludes halogenated alkanes) is 1. The Bertz CT molecular complexity index is 272. The summed E-state index contributed by atoms with van der Waals surface area (Å²) in [7, 11) is 2.16. The summed E-state index contributed by atoms with van der Waals surface area (Å²) in [6, 6.07) is 4.47. The number of nitrogens with zero attached hydrogens (tertiary/aromatic N) is 2. The van der Waals surface area contributed by atoms with Crippen LogP contribution >= 0.6 is 0 Å². The van der Waals surface area contributed by atoms with Gasteiger partial charge in [-0.05, 0) is 51.1 Å². The summed E-state index contributed by atoms with van der Waals surface area (Å²) in [6.07, 6.45) is 7.27. The van der Waals surface area contributed by atoms with E-state index in [-0.39, 0.29) is 0 Å². The Hall–Kier alpha value is -0.930. The molecule has 0 aliphatic carbocycles. The Kier molecular flexibility index (Phi) is 6.04. The van der Waals surface area contributed by atoms with Gasteiger partial charge in [0.15, 0.2) is 0 Å². The topological polar surface area (TPSA) is 42.1 Å². The minimum atomic E-state index is 0.338. The molecule has 2 N–H and O–H groups in total. The lowest BCUT2D eigenvalue weighted by Crippen LogP contribution is -2.20. The van der Waals surface area contributed by atoms with Crippen LogP contribution in [-0.4, -0.2) is 29.5 Å². The highest BCUT2D eigenvalue weighted by Gasteiger charge is 2.00. The van der Waals surface area contributed by atoms with E-state index in [1.54, 1.807) is 0 Å². The third-order valence-corrected chi connectivity index (χ3v) is 2.65. The number of pyridine rings is 1. The highest BCUT2D eigenvalue weighted by molar-refractivity contribution is 5.09. The molecule has 1 rings (SSSR count). The number of hydrogen-bond donors (Lipinski definition) is 1. The van der Waals surface area contributed by atoms with Crippen molar-refractivity contribution in [2.75, 3.05) is 13.6 Å². The molecule has 0 saturated heterocycles. The van der Waals surface area contributed by atoms with Gasteiger partial charge in [0.25, 0.3) is 0 Å². The second kappa shape index (κ2) is 7.36. The number of rotatable bonds is 7. The lowest BCUT2D eigenvalue weighted by atomic mass is 10.1. The Morgan fingerprint density at radius 1 is 1.31 bits per heavy atom. The predicted octanol–water partition coefficient (Wildman–Crippen LogP) is 2.03. The van der Waals surface area contributed by atoms with E-state index >= 15 is 0 Å². The average Bonchev–Trinajstić information content (AvgIpc) is 2.25. The van der Waals surface area contributed by atoms with Crippen LogP contribution in [-0.2, 0) is 6.54 Å². The molecule has 0 fully saturated rings. The molecule has 0 amide bonds. The van der Waals surface area contributed by atoms with E-state index in [0.717, 1.165) is 19.5 Å². The van der Waals surface area contributed by atoms with E-state index in [1.807, 2.05) is 12.4 Å². The minimum absolute atomic E-state index is 0.338. The van der Waals surface area contributed by atoms with E-state index in [9.17, 15) is 0 Å². The molecule has 3 nitrogen and oxygen atoms in total. The first-order valence-corrected chi connectivity index (χ1v) is 6.01. The summed E-state index contributed by atoms with van der Waals surface area (Å²) in [5.41, 5.74) is 7.04. The van der Waals surface area contributed by atoms with Gasteiger partial charge >= 0.3 is 0 Å². The summed E-state index contributed by atoms with van der Waals surface area (Å²) in [5.74, 6) is 0. The van der Waals surface area contributed by atoms with Crippen molar-refractivity contribution in [1.29, 1.82) is 0 Å². The standard InChI is InChI=1S/C13H23N3/c1-12(14)5-3-4-10-16(2)11-13-6-8-15-9-7-13/h6-9,12H,3-5,10-11,14H2,1-2H3. The number of hydrogen-bond acceptors (Lipinski definition) is 3. The van der Waals surface area contributed by atoms with Gasteiger partial charge in [0.1, 0.15) is 0 Å². The van der Waals surface area contributed by atoms with Gasteiger partial charge in [-0.1, -0.05) is 6.42 Å². The van der Waals surface area contributed by atoms with Crippen LogP contribution in [0.5, 0.6) is 0 Å². The first-order chi connectivity index (χ1) is 7.68. The summed E-state index contributed by atoms with van der Waals surface area (Å²) >= 11 is 0. The molecule has 0 aliphatic heterocycles. The molecule has 0 spiro atoms. The van der Waals surface area contributed by atoms with Crippen LogP contribution in [0.25, 0.3) is 0 Å². The molecular weight excluding hydrogens is 198 g/mol. The van der Waals surface area contributed by atoms with Crippen molar-refractivity contribution in [3.05, 3.63) is 30.1 Å². The van der Waals surface area contributed by atoms with Crippen molar-refractivity contribution in [2.45, 2.75) is 38.8 Å². The third kappa shape index (κ3) is 5.83. The Morgan fingerprint density at radius 2 is 2.00 bits per heavy atom. The predicted molar refractivity (Wildman–Crippen MR) is 68.1 cm³/mol. The van der Waals surface area contributed by atoms with Crippen LogP contribution in [0.15, 0.2) is 24.5 Å². The van der Waals surface area contributed by atoms with Gasteiger partial charge in [-0.15, -0.1) is 0 Å². The van der Waals surface area contributed by atoms with Crippen molar-refractivity contribution in [1.82, 2.24) is 9.88 Å². The molecule has 16 heavy (non-hydrogen) atoms. The van der Waals surface area contributed by atoms with Crippen LogP contribution in [0.3, 0.4) is 0 Å². The summed E-state index contributed by atoms with van der Waals surface area (Å²) in [5, 5.41) is 0. The number of aromatic nitrogens is 1. The van der Waals surface area contributed by atoms with E-state index < -0.39 is 0 Å². The fourth-order valence-electron chi connectivity index (χ4n) is 1.73. The molecule has 1 atom stereocenters. The van der Waals surface area contributed by atoms with Crippen molar-refractivity contribution in [3.8, 4) is 0 Å². The van der Waals surface area contributed by atoms with Crippen LogP contribution in [0.1, 0.15) is 31.7 Å². The second-order valence-corrected chi connectivity index (χ2v) is 4.57. The molecule has 0 radical (unpaired) electrons. The smallest absolute Gasteiger partial charge is 0.0271 e. The van der Waals surface area contributed by atoms with Crippen LogP contribution in [0.4, 0.5) is 0 Å². The van der Waals surface area contributed by atoms with Crippen molar-refractivity contribution < 1.29 is 0 Å². The fourth-order valence-corrected chi connectivity index (χ4v) is 1.73. The lowest BCUT2D eigenvalue weighted by molar-refractivity contribution is 0.315. The largest absolute Gasteiger partial charge is 0.328 e. The third-order valence-electron chi connectivity index (χ3n) is 2.65. The Labute approximate surface area is 98.7 Å². The monoisotopic (exact) mass is 221 g/mol. The van der Waals surface area contributed by atoms with Gasteiger partial charge < -0.3 is 10.6 Å². The maximum Gasteiger partial charge on any atom is 0.0271 e. The zero-order valence-corrected chi connectivity index (χ0v) is 10.4. The van der Waals surface area contributed by atoms with E-state index in [2.05, 4.69) is 36.0 Å². The summed E-state index contributed by atoms with van der Waals surface area (Å²) in [4.78, 5) is 6.36. The quantitative estimate of drug-likeness (QED) is 0.716. The zero-order valence-electron chi connectivity index (χ0n) is 10.4. The molecule has 1 unspecified atom stereocenters. The van der Waals surface area contributed by atoms with Crippen molar-refractivity contribution in [3.63, 3.8) is 0 Å². The first-order valence-electron chi connectivity index (χ1n) is 6.01. The molecular formula is C13H23N3. The van der Waals surface area contributed by atoms with E-state index in [1.165, 1.54) is 18.4 Å². The molecule has 3 heteroatoms. The molecule has 0 saturated carbocycles. The normalized spacial score (nSPS) is 13.0. The molecule has 0 bridgehead atoms. The van der Waals surface area contributed by atoms with Gasteiger partial charge in [0.2, 0.25) is 0 Å². The zero-order chi connectivity index (χ0) is 11.8. The second-order valence-electron chi connectivity index (χ2n) is 4.57. The number of nitrogens with two attached hydrogens (primary N) is 1. The van der Waals surface area contributed by atoms with Crippen molar-refractivity contribution in [2.24, 2.45) is 5.73 Å². The van der Waals surface area contributed by atoms with Gasteiger partial charge in [0, 0.05) is 25.0 Å². The van der Waals surface area contributed by atoms with E-state index in [0.29, 0.717) is 6.04 Å². The fraction of sp³-hybridized carbons (Fsp3) is 0.615. The molecule has 1 aromatic rings. The molecule has 0 aliphatic rings. The average molecular weight is 221 g/mol. The molecule has 0 aromatic carbocycles. The Balaban J connectivity index is 2.14. The maximum absolute atomic E-state index is 5.71. The highest BCUT2D eigenvalue weighted by Crippen LogP contribution is 2.04. The van der Waals surface area contributed by atoms with E-state index in [4.69, 9.17) is 5.73 Å². The SMILES string of the molecule is CC(N)CCCCN(C)Cc1ccncc1. The first kappa shape index (κ1) is 13.1. The highest BCUT2D eigenvalue weighted by atomic mass is 15.1. The summed E-state index contributed by atoms with van der Waals surface area (Å²) < 4.78 is 0. The molecule has 1 aromatic heterocycles. The Morgan fingerprint density at radius 3 is 2.62 bits per heavy atom. The van der Waals surface area contributed by atoms with Crippen LogP contribution in [0.2, 0.25) is 0 Å². The van der Waals surface area contributed by atoms with Gasteiger partial charge in [-0.3, -0.25) is 4.98 Å². The van der Waals surface area contributed by atoms with Crippen LogP contribution in [0, 0.1) is 0 Å². The maximum atomic E-state index is 5.71. The summed E-state index contributed by atoms with van der Waals surface area (Å²) in [6.45, 7) is 4.20. The lowest BCUT2D eigenvalue weighted by Gasteiger charge is -2.16. The van der Waals surface area contributed by atoms with Gasteiger partial charge in [-0.2, -0.15) is 0 Å². The minimum Gasteiger partial charge on any atom is -0.328 e. The molecule has 90 valence electrons. The van der Waals surface area contributed by atoms with Crippen molar-refractivity contribution >= 4 is 0 Å². The van der Waals surface area contributed by atoms with Gasteiger partial charge in [-0.25, -0.2) is 0 Å². The van der Waals surface area contributed by atoms with Gasteiger partial charge in [0.05, 0.1) is 0 Å². The van der Waals surface area contributed by atoms with Crippen LogP contribution < -0.4 is 5.73 Å².